The van der Waals surface area contributed by atoms with Gasteiger partial charge in [0.15, 0.2) is 0 Å². The van der Waals surface area contributed by atoms with Crippen molar-refractivity contribution in [2.24, 2.45) is 0 Å². The molecule has 0 amide bonds. The number of aliphatic hydroxyl groups is 1. The summed E-state index contributed by atoms with van der Waals surface area (Å²) in [5.41, 5.74) is 1.42. The Morgan fingerprint density at radius 3 is 1.96 bits per heavy atom. The van der Waals surface area contributed by atoms with E-state index in [1.54, 1.807) is 0 Å². The first kappa shape index (κ1) is 19.9. The van der Waals surface area contributed by atoms with E-state index in [0.717, 1.165) is 11.1 Å². The van der Waals surface area contributed by atoms with Crippen LogP contribution < -0.4 is 5.63 Å². The van der Waals surface area contributed by atoms with Gasteiger partial charge in [-0.05, 0) is 24.0 Å². The lowest BCUT2D eigenvalue weighted by molar-refractivity contribution is 0.129. The second-order valence-electron chi connectivity index (χ2n) is 6.98. The molecular formula is C24H26O4. The van der Waals surface area contributed by atoms with E-state index < -0.39 is 17.6 Å². The topological polar surface area (TPSA) is 70.7 Å². The Morgan fingerprint density at radius 1 is 0.893 bits per heavy atom. The van der Waals surface area contributed by atoms with Gasteiger partial charge in [0.05, 0.1) is 11.7 Å². The molecule has 0 saturated heterocycles. The van der Waals surface area contributed by atoms with E-state index in [4.69, 9.17) is 4.42 Å². The summed E-state index contributed by atoms with van der Waals surface area (Å²) in [6.45, 7) is 3.89. The number of benzene rings is 2. The molecular weight excluding hydrogens is 352 g/mol. The molecule has 4 nitrogen and oxygen atoms in total. The second kappa shape index (κ2) is 8.89. The SMILES string of the molecule is CC[C@@H](c1ccccc1)c1c(O)cc([C@@H](CC)[C@@H](O)c2ccccc2)oc1=O. The fourth-order valence-corrected chi connectivity index (χ4v) is 3.77. The lowest BCUT2D eigenvalue weighted by atomic mass is 9.87. The number of aliphatic hydroxyl groups excluding tert-OH is 1. The molecule has 1 heterocycles. The van der Waals surface area contributed by atoms with Crippen LogP contribution in [-0.4, -0.2) is 10.2 Å². The van der Waals surface area contributed by atoms with E-state index in [2.05, 4.69) is 0 Å². The van der Waals surface area contributed by atoms with Crippen LogP contribution in [0, 0.1) is 0 Å². The minimum Gasteiger partial charge on any atom is -0.507 e. The Bertz CT molecular complexity index is 947. The summed E-state index contributed by atoms with van der Waals surface area (Å²) in [5, 5.41) is 21.5. The van der Waals surface area contributed by atoms with Crippen molar-refractivity contribution < 1.29 is 14.6 Å². The van der Waals surface area contributed by atoms with Gasteiger partial charge in [-0.25, -0.2) is 4.79 Å². The normalized spacial score (nSPS) is 14.4. The lowest BCUT2D eigenvalue weighted by Gasteiger charge is -2.22. The molecule has 0 aliphatic heterocycles. The fraction of sp³-hybridized carbons (Fsp3) is 0.292. The molecule has 1 aromatic heterocycles. The van der Waals surface area contributed by atoms with Crippen LogP contribution >= 0.6 is 0 Å². The van der Waals surface area contributed by atoms with E-state index in [1.165, 1.54) is 6.07 Å². The van der Waals surface area contributed by atoms with E-state index >= 15 is 0 Å². The van der Waals surface area contributed by atoms with Gasteiger partial charge in [0.25, 0.3) is 0 Å². The molecule has 2 N–H and O–H groups in total. The highest BCUT2D eigenvalue weighted by Gasteiger charge is 2.27. The number of rotatable bonds is 7. The van der Waals surface area contributed by atoms with Crippen LogP contribution in [0.25, 0.3) is 0 Å². The number of hydrogen-bond acceptors (Lipinski definition) is 4. The molecule has 0 unspecified atom stereocenters. The first-order valence-electron chi connectivity index (χ1n) is 9.71. The zero-order valence-corrected chi connectivity index (χ0v) is 16.2. The molecule has 28 heavy (non-hydrogen) atoms. The van der Waals surface area contributed by atoms with Gasteiger partial charge >= 0.3 is 5.63 Å². The maximum absolute atomic E-state index is 12.8. The molecule has 3 atom stereocenters. The molecule has 4 heteroatoms. The number of hydrogen-bond donors (Lipinski definition) is 2. The molecule has 0 saturated carbocycles. The Labute approximate surface area is 165 Å². The molecule has 0 radical (unpaired) electrons. The first-order valence-corrected chi connectivity index (χ1v) is 9.71. The second-order valence-corrected chi connectivity index (χ2v) is 6.98. The highest BCUT2D eigenvalue weighted by atomic mass is 16.4. The van der Waals surface area contributed by atoms with Crippen LogP contribution in [0.2, 0.25) is 0 Å². The monoisotopic (exact) mass is 378 g/mol. The van der Waals surface area contributed by atoms with Crippen molar-refractivity contribution >= 4 is 0 Å². The Kier molecular flexibility index (Phi) is 6.32. The summed E-state index contributed by atoms with van der Waals surface area (Å²) in [6, 6.07) is 20.4. The Balaban J connectivity index is 2.00. The summed E-state index contributed by atoms with van der Waals surface area (Å²) >= 11 is 0. The van der Waals surface area contributed by atoms with Crippen molar-refractivity contribution in [3.05, 3.63) is 99.6 Å². The minimum atomic E-state index is -0.823. The molecule has 0 spiro atoms. The quantitative estimate of drug-likeness (QED) is 0.599. The molecule has 3 aromatic rings. The average molecular weight is 378 g/mol. The van der Waals surface area contributed by atoms with Crippen LogP contribution in [0.1, 0.15) is 67.1 Å². The van der Waals surface area contributed by atoms with Crippen LogP contribution in [0.3, 0.4) is 0 Å². The largest absolute Gasteiger partial charge is 0.507 e. The fourth-order valence-electron chi connectivity index (χ4n) is 3.77. The highest BCUT2D eigenvalue weighted by molar-refractivity contribution is 5.40. The average Bonchev–Trinajstić information content (AvgIpc) is 2.72. The van der Waals surface area contributed by atoms with Gasteiger partial charge in [-0.3, -0.25) is 0 Å². The molecule has 3 rings (SSSR count). The van der Waals surface area contributed by atoms with Crippen molar-refractivity contribution in [2.75, 3.05) is 0 Å². The summed E-state index contributed by atoms with van der Waals surface area (Å²) in [4.78, 5) is 12.8. The van der Waals surface area contributed by atoms with Gasteiger partial charge in [-0.2, -0.15) is 0 Å². The molecule has 0 aliphatic carbocycles. The van der Waals surface area contributed by atoms with Gasteiger partial charge in [0.1, 0.15) is 11.5 Å². The molecule has 146 valence electrons. The van der Waals surface area contributed by atoms with Crippen molar-refractivity contribution in [3.8, 4) is 5.75 Å². The Morgan fingerprint density at radius 2 is 1.46 bits per heavy atom. The third-order valence-corrected chi connectivity index (χ3v) is 5.27. The van der Waals surface area contributed by atoms with Gasteiger partial charge in [-0.1, -0.05) is 74.5 Å². The minimum absolute atomic E-state index is 0.0827. The van der Waals surface area contributed by atoms with Crippen LogP contribution in [-0.2, 0) is 0 Å². The van der Waals surface area contributed by atoms with Gasteiger partial charge in [0.2, 0.25) is 0 Å². The molecule has 2 aromatic carbocycles. The van der Waals surface area contributed by atoms with E-state index in [1.807, 2.05) is 74.5 Å². The predicted molar refractivity (Wildman–Crippen MR) is 110 cm³/mol. The van der Waals surface area contributed by atoms with Gasteiger partial charge in [0, 0.05) is 17.9 Å². The predicted octanol–water partition coefficient (Wildman–Crippen LogP) is 5.11. The van der Waals surface area contributed by atoms with Gasteiger partial charge in [-0.15, -0.1) is 0 Å². The summed E-state index contributed by atoms with van der Waals surface area (Å²) in [7, 11) is 0. The van der Waals surface area contributed by atoms with Crippen LogP contribution in [0.5, 0.6) is 5.75 Å². The van der Waals surface area contributed by atoms with E-state index in [9.17, 15) is 15.0 Å². The molecule has 0 bridgehead atoms. The summed E-state index contributed by atoms with van der Waals surface area (Å²) < 4.78 is 5.61. The maximum Gasteiger partial charge on any atom is 0.343 e. The lowest BCUT2D eigenvalue weighted by Crippen LogP contribution is -2.17. The first-order chi connectivity index (χ1) is 13.6. The van der Waals surface area contributed by atoms with Crippen molar-refractivity contribution in [1.82, 2.24) is 0 Å². The summed E-state index contributed by atoms with van der Waals surface area (Å²) in [6.07, 6.45) is 0.398. The molecule has 0 aliphatic rings. The third-order valence-electron chi connectivity index (χ3n) is 5.27. The Hall–Kier alpha value is -2.85. The van der Waals surface area contributed by atoms with Crippen molar-refractivity contribution in [1.29, 1.82) is 0 Å². The smallest absolute Gasteiger partial charge is 0.343 e. The van der Waals surface area contributed by atoms with Crippen molar-refractivity contribution in [2.45, 2.75) is 44.6 Å². The van der Waals surface area contributed by atoms with Crippen LogP contribution in [0.4, 0.5) is 0 Å². The van der Waals surface area contributed by atoms with Crippen LogP contribution in [0.15, 0.2) is 75.9 Å². The standard InChI is InChI=1S/C24H26O4/c1-3-18(16-11-7-5-8-12-16)22-20(25)15-21(28-24(22)27)19(4-2)23(26)17-13-9-6-10-14-17/h5-15,18-19,23,25-26H,3-4H2,1-2H3/t18-,19+,23-/m0/s1. The van der Waals surface area contributed by atoms with Crippen molar-refractivity contribution in [3.63, 3.8) is 0 Å². The van der Waals surface area contributed by atoms with Gasteiger partial charge < -0.3 is 14.6 Å². The number of aromatic hydroxyl groups is 1. The summed E-state index contributed by atoms with van der Waals surface area (Å²) in [5.74, 6) is -0.453. The van der Waals surface area contributed by atoms with E-state index in [-0.39, 0.29) is 17.2 Å². The third kappa shape index (κ3) is 4.02. The zero-order chi connectivity index (χ0) is 20.1. The maximum atomic E-state index is 12.8. The highest BCUT2D eigenvalue weighted by Crippen LogP contribution is 2.37. The molecule has 0 fully saturated rings. The van der Waals surface area contributed by atoms with E-state index in [0.29, 0.717) is 18.6 Å². The zero-order valence-electron chi connectivity index (χ0n) is 16.2.